The number of aromatic amines is 1. The van der Waals surface area contributed by atoms with E-state index in [0.717, 1.165) is 11.3 Å². The van der Waals surface area contributed by atoms with E-state index in [1.54, 1.807) is 24.2 Å². The van der Waals surface area contributed by atoms with Gasteiger partial charge in [0.25, 0.3) is 5.91 Å². The van der Waals surface area contributed by atoms with Crippen LogP contribution in [0.4, 0.5) is 0 Å². The maximum absolute atomic E-state index is 12.9. The summed E-state index contributed by atoms with van der Waals surface area (Å²) in [6.07, 6.45) is 6.75. The van der Waals surface area contributed by atoms with E-state index >= 15 is 0 Å². The predicted molar refractivity (Wildman–Crippen MR) is 111 cm³/mol. The van der Waals surface area contributed by atoms with Gasteiger partial charge < -0.3 is 15.2 Å². The summed E-state index contributed by atoms with van der Waals surface area (Å²) in [4.78, 5) is 43.2. The minimum atomic E-state index is -0.716. The van der Waals surface area contributed by atoms with Crippen LogP contribution in [0.5, 0.6) is 0 Å². The number of carbonyl (C=O) groups is 2. The van der Waals surface area contributed by atoms with Crippen molar-refractivity contribution in [1.29, 1.82) is 5.26 Å². The lowest BCUT2D eigenvalue weighted by atomic mass is 10.0. The fourth-order valence-corrected chi connectivity index (χ4v) is 3.66. The highest BCUT2D eigenvalue weighted by molar-refractivity contribution is 6.06. The molecule has 4 aromatic rings. The highest BCUT2D eigenvalue weighted by atomic mass is 16.2. The van der Waals surface area contributed by atoms with E-state index in [2.05, 4.69) is 31.3 Å². The van der Waals surface area contributed by atoms with E-state index in [0.29, 0.717) is 35.5 Å². The van der Waals surface area contributed by atoms with Gasteiger partial charge in [-0.25, -0.2) is 15.0 Å². The topological polar surface area (TPSA) is 132 Å². The molecule has 0 unspecified atom stereocenters. The van der Waals surface area contributed by atoms with Crippen LogP contribution in [0.3, 0.4) is 0 Å². The smallest absolute Gasteiger partial charge is 0.255 e. The Hall–Kier alpha value is -4.26. The number of rotatable bonds is 4. The minimum Gasteiger partial charge on any atom is -0.344 e. The molecule has 1 fully saturated rings. The van der Waals surface area contributed by atoms with Crippen LogP contribution in [0.2, 0.25) is 0 Å². The molecule has 0 saturated carbocycles. The molecule has 1 atom stereocenters. The van der Waals surface area contributed by atoms with Crippen molar-refractivity contribution >= 4 is 28.6 Å². The maximum Gasteiger partial charge on any atom is 0.255 e. The van der Waals surface area contributed by atoms with Gasteiger partial charge in [-0.3, -0.25) is 14.0 Å². The number of H-pyrrole nitrogens is 1. The number of carbonyl (C=O) groups excluding carboxylic acids is 2. The van der Waals surface area contributed by atoms with Crippen molar-refractivity contribution in [3.63, 3.8) is 0 Å². The second-order valence-electron chi connectivity index (χ2n) is 7.49. The maximum atomic E-state index is 12.9. The van der Waals surface area contributed by atoms with Crippen LogP contribution in [-0.4, -0.2) is 60.2 Å². The van der Waals surface area contributed by atoms with Gasteiger partial charge in [-0.15, -0.1) is 0 Å². The number of amides is 2. The van der Waals surface area contributed by atoms with Crippen LogP contribution in [-0.2, 0) is 4.79 Å². The van der Waals surface area contributed by atoms with Crippen LogP contribution in [0.25, 0.3) is 28.2 Å². The first-order chi connectivity index (χ1) is 15.0. The SMILES string of the molecule is C[C@@H](NC(=O)c1c[nH]c2ncc(-c3cnc4ccccn34)nc12)C(=O)N1CC(C#N)C1. The van der Waals surface area contributed by atoms with E-state index in [4.69, 9.17) is 5.26 Å². The van der Waals surface area contributed by atoms with Crippen molar-refractivity contribution in [1.82, 2.24) is 34.6 Å². The zero-order valence-corrected chi connectivity index (χ0v) is 16.6. The molecule has 5 heterocycles. The summed E-state index contributed by atoms with van der Waals surface area (Å²) >= 11 is 0. The summed E-state index contributed by atoms with van der Waals surface area (Å²) < 4.78 is 1.89. The molecule has 1 aliphatic heterocycles. The van der Waals surface area contributed by atoms with Crippen molar-refractivity contribution < 1.29 is 9.59 Å². The number of fused-ring (bicyclic) bond motifs is 2. The summed E-state index contributed by atoms with van der Waals surface area (Å²) in [5, 5.41) is 11.6. The molecule has 1 saturated heterocycles. The summed E-state index contributed by atoms with van der Waals surface area (Å²) in [5.41, 5.74) is 3.30. The Morgan fingerprint density at radius 3 is 2.94 bits per heavy atom. The van der Waals surface area contributed by atoms with Crippen LogP contribution < -0.4 is 5.32 Å². The number of hydrogen-bond donors (Lipinski definition) is 2. The molecule has 5 rings (SSSR count). The number of imidazole rings is 1. The summed E-state index contributed by atoms with van der Waals surface area (Å²) in [5.74, 6) is -0.764. The Morgan fingerprint density at radius 2 is 2.13 bits per heavy atom. The highest BCUT2D eigenvalue weighted by Crippen LogP contribution is 2.22. The molecule has 31 heavy (non-hydrogen) atoms. The number of nitrogens with one attached hydrogen (secondary N) is 2. The first kappa shape index (κ1) is 18.7. The van der Waals surface area contributed by atoms with Crippen LogP contribution in [0.15, 0.2) is 43.0 Å². The lowest BCUT2D eigenvalue weighted by Crippen LogP contribution is -2.55. The minimum absolute atomic E-state index is 0.131. The molecule has 0 spiro atoms. The van der Waals surface area contributed by atoms with Crippen molar-refractivity contribution in [2.75, 3.05) is 13.1 Å². The first-order valence-corrected chi connectivity index (χ1v) is 9.81. The molecule has 0 aromatic carbocycles. The third-order valence-electron chi connectivity index (χ3n) is 5.40. The Balaban J connectivity index is 1.40. The molecular formula is C21H18N8O2. The van der Waals surface area contributed by atoms with Crippen molar-refractivity contribution in [3.8, 4) is 17.5 Å². The normalized spacial score (nSPS) is 14.9. The van der Waals surface area contributed by atoms with E-state index in [1.807, 2.05) is 28.8 Å². The van der Waals surface area contributed by atoms with Gasteiger partial charge in [0, 0.05) is 25.5 Å². The van der Waals surface area contributed by atoms with Crippen molar-refractivity contribution in [2.24, 2.45) is 5.92 Å². The summed E-state index contributed by atoms with van der Waals surface area (Å²) in [6.45, 7) is 2.43. The predicted octanol–water partition coefficient (Wildman–Crippen LogP) is 1.37. The highest BCUT2D eigenvalue weighted by Gasteiger charge is 2.33. The van der Waals surface area contributed by atoms with Crippen molar-refractivity contribution in [2.45, 2.75) is 13.0 Å². The third kappa shape index (κ3) is 3.16. The van der Waals surface area contributed by atoms with Gasteiger partial charge in [-0.05, 0) is 19.1 Å². The Bertz CT molecular complexity index is 1360. The molecule has 10 nitrogen and oxygen atoms in total. The molecule has 0 aliphatic carbocycles. The largest absolute Gasteiger partial charge is 0.344 e. The van der Waals surface area contributed by atoms with E-state index in [1.165, 1.54) is 6.20 Å². The number of aromatic nitrogens is 5. The molecule has 2 N–H and O–H groups in total. The zero-order chi connectivity index (χ0) is 21.5. The number of likely N-dealkylation sites (tertiary alicyclic amines) is 1. The van der Waals surface area contributed by atoms with Crippen LogP contribution in [0.1, 0.15) is 17.3 Å². The number of nitrogens with zero attached hydrogens (tertiary/aromatic N) is 6. The van der Waals surface area contributed by atoms with E-state index in [9.17, 15) is 9.59 Å². The fourth-order valence-electron chi connectivity index (χ4n) is 3.66. The van der Waals surface area contributed by atoms with Gasteiger partial charge in [0.2, 0.25) is 5.91 Å². The molecule has 0 bridgehead atoms. The van der Waals surface area contributed by atoms with Gasteiger partial charge in [-0.1, -0.05) is 6.07 Å². The van der Waals surface area contributed by atoms with Gasteiger partial charge >= 0.3 is 0 Å². The lowest BCUT2D eigenvalue weighted by molar-refractivity contribution is -0.137. The van der Waals surface area contributed by atoms with E-state index < -0.39 is 11.9 Å². The van der Waals surface area contributed by atoms with E-state index in [-0.39, 0.29) is 11.8 Å². The Morgan fingerprint density at radius 1 is 1.29 bits per heavy atom. The summed E-state index contributed by atoms with van der Waals surface area (Å²) in [7, 11) is 0. The van der Waals surface area contributed by atoms with Gasteiger partial charge in [0.15, 0.2) is 5.65 Å². The number of nitriles is 1. The van der Waals surface area contributed by atoms with Gasteiger partial charge in [0.1, 0.15) is 22.9 Å². The molecular weight excluding hydrogens is 396 g/mol. The standard InChI is InChI=1S/C21H18N8O2/c1-12(21(31)28-10-13(6-22)11-28)26-20(30)14-7-24-19-18(14)27-15(8-25-19)16-9-23-17-4-2-3-5-29(16)17/h2-5,7-9,12-13H,10-11H2,1H3,(H,24,25)(H,26,30)/t12-/m1/s1. The quantitative estimate of drug-likeness (QED) is 0.518. The fraction of sp³-hybridized carbons (Fsp3) is 0.238. The third-order valence-corrected chi connectivity index (χ3v) is 5.40. The lowest BCUT2D eigenvalue weighted by Gasteiger charge is -2.37. The first-order valence-electron chi connectivity index (χ1n) is 9.81. The number of pyridine rings is 1. The Kier molecular flexibility index (Phi) is 4.36. The summed E-state index contributed by atoms with van der Waals surface area (Å²) in [6, 6.07) is 7.10. The molecule has 4 aromatic heterocycles. The van der Waals surface area contributed by atoms with Crippen LogP contribution in [0, 0.1) is 17.2 Å². The molecule has 0 radical (unpaired) electrons. The monoisotopic (exact) mass is 414 g/mol. The molecule has 10 heteroatoms. The van der Waals surface area contributed by atoms with Crippen LogP contribution >= 0.6 is 0 Å². The molecule has 2 amide bonds. The average Bonchev–Trinajstić information content (AvgIpc) is 3.36. The second-order valence-corrected chi connectivity index (χ2v) is 7.49. The zero-order valence-electron chi connectivity index (χ0n) is 16.6. The van der Waals surface area contributed by atoms with Crippen molar-refractivity contribution in [3.05, 3.63) is 48.5 Å². The average molecular weight is 414 g/mol. The molecule has 1 aliphatic rings. The molecule has 154 valence electrons. The van der Waals surface area contributed by atoms with Gasteiger partial charge in [0.05, 0.1) is 35.6 Å². The number of hydrogen-bond acceptors (Lipinski definition) is 6. The Labute approximate surface area is 176 Å². The second kappa shape index (κ2) is 7.21. The van der Waals surface area contributed by atoms with Gasteiger partial charge in [-0.2, -0.15) is 5.26 Å².